The fraction of sp³-hybridized carbons (Fsp3) is 0.176. The number of halogens is 2. The molecule has 3 heterocycles. The molecule has 1 aliphatic heterocycles. The van der Waals surface area contributed by atoms with Gasteiger partial charge in [0.1, 0.15) is 12.1 Å². The predicted molar refractivity (Wildman–Crippen MR) is 84.8 cm³/mol. The molecule has 138 valence electrons. The molecule has 0 radical (unpaired) electrons. The van der Waals surface area contributed by atoms with Crippen molar-refractivity contribution in [1.82, 2.24) is 20.4 Å². The smallest absolute Gasteiger partial charge is 0.325 e. The number of amides is 3. The molecule has 3 amide bonds. The summed E-state index contributed by atoms with van der Waals surface area (Å²) in [6.07, 6.45) is 1.44. The number of carbonyl (C=O) groups excluding carboxylic acids is 2. The molecule has 3 aromatic rings. The summed E-state index contributed by atoms with van der Waals surface area (Å²) in [5, 5.41) is 6.21. The number of aromatic nitrogens is 2. The Kier molecular flexibility index (Phi) is 3.76. The van der Waals surface area contributed by atoms with Crippen molar-refractivity contribution in [1.29, 1.82) is 0 Å². The lowest BCUT2D eigenvalue weighted by Crippen LogP contribution is -2.41. The molecule has 4 rings (SSSR count). The summed E-state index contributed by atoms with van der Waals surface area (Å²) in [4.78, 5) is 30.0. The minimum Gasteiger partial charge on any atom is -0.461 e. The number of imide groups is 1. The van der Waals surface area contributed by atoms with E-state index in [-0.39, 0.29) is 23.8 Å². The molecule has 0 spiro atoms. The van der Waals surface area contributed by atoms with Crippen molar-refractivity contribution in [2.75, 3.05) is 0 Å². The second kappa shape index (κ2) is 6.01. The fourth-order valence-electron chi connectivity index (χ4n) is 2.80. The van der Waals surface area contributed by atoms with Gasteiger partial charge in [-0.2, -0.15) is 4.98 Å². The lowest BCUT2D eigenvalue weighted by molar-refractivity contribution is -0.131. The minimum absolute atomic E-state index is 0.0134. The first-order valence-electron chi connectivity index (χ1n) is 7.84. The third kappa shape index (κ3) is 2.75. The summed E-state index contributed by atoms with van der Waals surface area (Å²) in [6, 6.07) is 5.56. The van der Waals surface area contributed by atoms with Gasteiger partial charge < -0.3 is 14.3 Å². The van der Waals surface area contributed by atoms with Gasteiger partial charge in [0, 0.05) is 0 Å². The molecule has 2 aromatic heterocycles. The van der Waals surface area contributed by atoms with Crippen LogP contribution < -0.4 is 5.32 Å². The Hall–Kier alpha value is -3.56. The second-order valence-electron chi connectivity index (χ2n) is 6.06. The average Bonchev–Trinajstić information content (AvgIpc) is 3.35. The quantitative estimate of drug-likeness (QED) is 0.705. The summed E-state index contributed by atoms with van der Waals surface area (Å²) in [6.45, 7) is 1.12. The van der Waals surface area contributed by atoms with Gasteiger partial charge in [-0.15, -0.1) is 0 Å². The first-order valence-corrected chi connectivity index (χ1v) is 7.84. The number of hydrogen-bond acceptors (Lipinski definition) is 6. The number of nitrogens with one attached hydrogen (secondary N) is 1. The monoisotopic (exact) mass is 374 g/mol. The topological polar surface area (TPSA) is 101 Å². The Bertz CT molecular complexity index is 1030. The Morgan fingerprint density at radius 3 is 2.74 bits per heavy atom. The maximum atomic E-state index is 13.6. The Labute approximate surface area is 150 Å². The molecule has 8 nitrogen and oxygen atoms in total. The van der Waals surface area contributed by atoms with Gasteiger partial charge in [-0.3, -0.25) is 9.69 Å². The fourth-order valence-corrected chi connectivity index (χ4v) is 2.80. The third-order valence-corrected chi connectivity index (χ3v) is 4.27. The molecule has 0 saturated carbocycles. The maximum Gasteiger partial charge on any atom is 0.325 e. The molecule has 1 atom stereocenters. The zero-order chi connectivity index (χ0) is 19.2. The molecule has 1 saturated heterocycles. The van der Waals surface area contributed by atoms with Crippen molar-refractivity contribution >= 4 is 11.9 Å². The van der Waals surface area contributed by atoms with E-state index in [1.165, 1.54) is 19.3 Å². The second-order valence-corrected chi connectivity index (χ2v) is 6.06. The van der Waals surface area contributed by atoms with E-state index in [2.05, 4.69) is 15.5 Å². The Balaban J connectivity index is 1.59. The molecule has 1 N–H and O–H groups in total. The number of nitrogens with zero attached hydrogens (tertiary/aromatic N) is 3. The van der Waals surface area contributed by atoms with Crippen molar-refractivity contribution in [3.05, 3.63) is 59.7 Å². The van der Waals surface area contributed by atoms with Crippen molar-refractivity contribution in [2.24, 2.45) is 0 Å². The largest absolute Gasteiger partial charge is 0.461 e. The molecule has 1 aliphatic rings. The van der Waals surface area contributed by atoms with E-state index >= 15 is 0 Å². The molecular weight excluding hydrogens is 362 g/mol. The van der Waals surface area contributed by atoms with Gasteiger partial charge in [0.15, 0.2) is 17.4 Å². The van der Waals surface area contributed by atoms with E-state index < -0.39 is 29.1 Å². The van der Waals surface area contributed by atoms with Gasteiger partial charge in [0.2, 0.25) is 11.7 Å². The van der Waals surface area contributed by atoms with Gasteiger partial charge in [0.25, 0.3) is 5.91 Å². The summed E-state index contributed by atoms with van der Waals surface area (Å²) in [5.74, 6) is -2.27. The number of furan rings is 1. The zero-order valence-corrected chi connectivity index (χ0v) is 13.9. The Morgan fingerprint density at radius 1 is 1.22 bits per heavy atom. The Morgan fingerprint density at radius 2 is 2.04 bits per heavy atom. The predicted octanol–water partition coefficient (Wildman–Crippen LogP) is 2.58. The number of rotatable bonds is 4. The van der Waals surface area contributed by atoms with Gasteiger partial charge in [-0.1, -0.05) is 11.2 Å². The lowest BCUT2D eigenvalue weighted by Gasteiger charge is -2.22. The molecule has 27 heavy (non-hydrogen) atoms. The highest BCUT2D eigenvalue weighted by Gasteiger charge is 2.49. The first-order chi connectivity index (χ1) is 12.9. The maximum absolute atomic E-state index is 13.6. The van der Waals surface area contributed by atoms with Gasteiger partial charge in [-0.05, 0) is 36.8 Å². The van der Waals surface area contributed by atoms with Crippen LogP contribution in [0.5, 0.6) is 0 Å². The van der Waals surface area contributed by atoms with E-state index in [0.29, 0.717) is 5.76 Å². The van der Waals surface area contributed by atoms with Crippen LogP contribution in [0.15, 0.2) is 45.5 Å². The normalized spacial score (nSPS) is 19.6. The molecule has 1 unspecified atom stereocenters. The third-order valence-electron chi connectivity index (χ3n) is 4.27. The average molecular weight is 374 g/mol. The zero-order valence-electron chi connectivity index (χ0n) is 13.9. The van der Waals surface area contributed by atoms with Crippen LogP contribution in [0.4, 0.5) is 13.6 Å². The molecule has 1 aromatic carbocycles. The van der Waals surface area contributed by atoms with E-state index in [1.807, 2.05) is 0 Å². The van der Waals surface area contributed by atoms with Crippen LogP contribution >= 0.6 is 0 Å². The highest BCUT2D eigenvalue weighted by Crippen LogP contribution is 2.30. The molecule has 10 heteroatoms. The standard InChI is InChI=1S/C17H12F2N4O4/c1-17(9-4-5-10(18)11(19)7-9)15(24)23(16(25)21-17)8-13-20-14(22-27-13)12-3-2-6-26-12/h2-7H,8H2,1H3,(H,21,25). The van der Waals surface area contributed by atoms with Crippen molar-refractivity contribution in [2.45, 2.75) is 19.0 Å². The highest BCUT2D eigenvalue weighted by atomic mass is 19.2. The van der Waals surface area contributed by atoms with E-state index in [0.717, 1.165) is 17.0 Å². The van der Waals surface area contributed by atoms with E-state index in [1.54, 1.807) is 12.1 Å². The van der Waals surface area contributed by atoms with Crippen LogP contribution in [0.25, 0.3) is 11.6 Å². The summed E-state index contributed by atoms with van der Waals surface area (Å²) in [7, 11) is 0. The van der Waals surface area contributed by atoms with E-state index in [9.17, 15) is 18.4 Å². The number of hydrogen-bond donors (Lipinski definition) is 1. The number of benzene rings is 1. The summed E-state index contributed by atoms with van der Waals surface area (Å²) < 4.78 is 36.9. The van der Waals surface area contributed by atoms with Crippen LogP contribution in [0.2, 0.25) is 0 Å². The van der Waals surface area contributed by atoms with Crippen LogP contribution in [-0.4, -0.2) is 27.0 Å². The van der Waals surface area contributed by atoms with Crippen molar-refractivity contribution < 1.29 is 27.3 Å². The van der Waals surface area contributed by atoms with Crippen molar-refractivity contribution in [3.63, 3.8) is 0 Å². The summed E-state index contributed by atoms with van der Waals surface area (Å²) >= 11 is 0. The van der Waals surface area contributed by atoms with Crippen molar-refractivity contribution in [3.8, 4) is 11.6 Å². The summed E-state index contributed by atoms with van der Waals surface area (Å²) in [5.41, 5.74) is -1.43. The van der Waals surface area contributed by atoms with Crippen LogP contribution in [-0.2, 0) is 16.9 Å². The van der Waals surface area contributed by atoms with Gasteiger partial charge in [0.05, 0.1) is 6.26 Å². The van der Waals surface area contributed by atoms with Crippen LogP contribution in [0.3, 0.4) is 0 Å². The molecular formula is C17H12F2N4O4. The highest BCUT2D eigenvalue weighted by molar-refractivity contribution is 6.07. The molecule has 0 bridgehead atoms. The molecule has 0 aliphatic carbocycles. The minimum atomic E-state index is -1.55. The van der Waals surface area contributed by atoms with Crippen LogP contribution in [0, 0.1) is 11.6 Å². The number of carbonyl (C=O) groups is 2. The molecule has 1 fully saturated rings. The van der Waals surface area contributed by atoms with Crippen LogP contribution in [0.1, 0.15) is 18.4 Å². The first kappa shape index (κ1) is 16.9. The van der Waals surface area contributed by atoms with Gasteiger partial charge in [-0.25, -0.2) is 13.6 Å². The SMILES string of the molecule is CC1(c2ccc(F)c(F)c2)NC(=O)N(Cc2nc(-c3ccco3)no2)C1=O. The van der Waals surface area contributed by atoms with E-state index in [4.69, 9.17) is 8.94 Å². The lowest BCUT2D eigenvalue weighted by atomic mass is 9.92. The van der Waals surface area contributed by atoms with Gasteiger partial charge >= 0.3 is 6.03 Å². The number of urea groups is 1.